The zero-order valence-corrected chi connectivity index (χ0v) is 17.2. The Kier molecular flexibility index (Phi) is 7.62. The summed E-state index contributed by atoms with van der Waals surface area (Å²) in [7, 11) is 0. The molecule has 0 saturated heterocycles. The van der Waals surface area contributed by atoms with Crippen molar-refractivity contribution in [1.29, 1.82) is 0 Å². The van der Waals surface area contributed by atoms with Crippen molar-refractivity contribution in [3.63, 3.8) is 0 Å². The second-order valence-corrected chi connectivity index (χ2v) is 7.18. The number of hydrogen-bond donors (Lipinski definition) is 2. The van der Waals surface area contributed by atoms with E-state index in [1.54, 1.807) is 0 Å². The fourth-order valence-corrected chi connectivity index (χ4v) is 3.07. The monoisotopic (exact) mass is 423 g/mol. The van der Waals surface area contributed by atoms with Gasteiger partial charge in [0.2, 0.25) is 5.13 Å². The van der Waals surface area contributed by atoms with E-state index in [0.29, 0.717) is 11.6 Å². The fourth-order valence-electron chi connectivity index (χ4n) is 2.33. The number of ether oxygens (including phenoxy) is 1. The minimum Gasteiger partial charge on any atom is -0.494 e. The van der Waals surface area contributed by atoms with Crippen LogP contribution in [0.4, 0.5) is 5.13 Å². The minimum absolute atomic E-state index is 0.233. The van der Waals surface area contributed by atoms with E-state index in [1.807, 2.05) is 54.6 Å². The van der Waals surface area contributed by atoms with Gasteiger partial charge in [-0.3, -0.25) is 14.9 Å². The predicted molar refractivity (Wildman–Crippen MR) is 117 cm³/mol. The van der Waals surface area contributed by atoms with E-state index in [4.69, 9.17) is 4.74 Å². The highest BCUT2D eigenvalue weighted by atomic mass is 32.1. The van der Waals surface area contributed by atoms with Crippen molar-refractivity contribution in [1.82, 2.24) is 15.6 Å². The predicted octanol–water partition coefficient (Wildman–Crippen LogP) is 3.47. The van der Waals surface area contributed by atoms with E-state index in [-0.39, 0.29) is 5.13 Å². The molecule has 0 bridgehead atoms. The fraction of sp³-hybridized carbons (Fsp3) is 0.190. The average molecular weight is 423 g/mol. The van der Waals surface area contributed by atoms with E-state index in [1.165, 1.54) is 17.6 Å². The molecule has 3 aromatic rings. The van der Waals surface area contributed by atoms with Crippen LogP contribution in [0.5, 0.6) is 5.75 Å². The van der Waals surface area contributed by atoms with Crippen molar-refractivity contribution in [2.45, 2.75) is 19.8 Å². The van der Waals surface area contributed by atoms with Crippen LogP contribution in [-0.4, -0.2) is 34.8 Å². The second-order valence-electron chi connectivity index (χ2n) is 6.20. The third kappa shape index (κ3) is 6.21. The molecule has 9 heteroatoms. The quantitative estimate of drug-likeness (QED) is 0.250. The van der Waals surface area contributed by atoms with Crippen molar-refractivity contribution in [2.75, 3.05) is 11.9 Å². The number of carbonyl (C=O) groups is 2. The molecule has 0 radical (unpaired) electrons. The van der Waals surface area contributed by atoms with E-state index in [2.05, 4.69) is 33.0 Å². The van der Waals surface area contributed by atoms with Crippen LogP contribution in [0.2, 0.25) is 0 Å². The molecular weight excluding hydrogens is 402 g/mol. The summed E-state index contributed by atoms with van der Waals surface area (Å²) in [4.78, 5) is 23.9. The van der Waals surface area contributed by atoms with Gasteiger partial charge in [0.1, 0.15) is 10.8 Å². The molecule has 0 saturated carbocycles. The van der Waals surface area contributed by atoms with Gasteiger partial charge in [0, 0.05) is 5.56 Å². The molecule has 30 heavy (non-hydrogen) atoms. The molecule has 0 aliphatic carbocycles. The summed E-state index contributed by atoms with van der Waals surface area (Å²) in [5.41, 5.74) is 3.83. The van der Waals surface area contributed by atoms with E-state index < -0.39 is 11.8 Å². The van der Waals surface area contributed by atoms with Gasteiger partial charge in [-0.1, -0.05) is 55.0 Å². The van der Waals surface area contributed by atoms with Crippen LogP contribution < -0.4 is 15.5 Å². The number of aromatic nitrogens is 2. The van der Waals surface area contributed by atoms with Crippen molar-refractivity contribution < 1.29 is 14.3 Å². The van der Waals surface area contributed by atoms with Gasteiger partial charge in [-0.25, -0.2) is 5.43 Å². The van der Waals surface area contributed by atoms with Gasteiger partial charge in [-0.15, -0.1) is 10.2 Å². The summed E-state index contributed by atoms with van der Waals surface area (Å²) in [6, 6.07) is 16.7. The van der Waals surface area contributed by atoms with Crippen molar-refractivity contribution in [2.24, 2.45) is 5.10 Å². The van der Waals surface area contributed by atoms with E-state index >= 15 is 0 Å². The topological polar surface area (TPSA) is 106 Å². The lowest BCUT2D eigenvalue weighted by molar-refractivity contribution is -0.136. The smallest absolute Gasteiger partial charge is 0.329 e. The second kappa shape index (κ2) is 10.8. The Balaban J connectivity index is 1.47. The Morgan fingerprint density at radius 1 is 1.07 bits per heavy atom. The average Bonchev–Trinajstić information content (AvgIpc) is 3.24. The lowest BCUT2D eigenvalue weighted by Crippen LogP contribution is -2.32. The maximum absolute atomic E-state index is 12.0. The first-order chi connectivity index (χ1) is 14.7. The first-order valence-electron chi connectivity index (χ1n) is 9.42. The van der Waals surface area contributed by atoms with Crippen molar-refractivity contribution in [3.05, 3.63) is 60.2 Å². The van der Waals surface area contributed by atoms with E-state index in [0.717, 1.165) is 29.7 Å². The molecule has 0 aliphatic rings. The summed E-state index contributed by atoms with van der Waals surface area (Å²) in [6.45, 7) is 2.78. The Morgan fingerprint density at radius 3 is 2.57 bits per heavy atom. The number of hydrogen-bond acceptors (Lipinski definition) is 7. The molecule has 0 atom stereocenters. The lowest BCUT2D eigenvalue weighted by Gasteiger charge is -2.04. The molecule has 8 nitrogen and oxygen atoms in total. The molecule has 154 valence electrons. The summed E-state index contributed by atoms with van der Waals surface area (Å²) < 4.78 is 5.58. The number of rotatable bonds is 8. The molecule has 0 spiro atoms. The number of hydrazone groups is 1. The van der Waals surface area contributed by atoms with Crippen LogP contribution >= 0.6 is 11.3 Å². The molecule has 1 aromatic heterocycles. The molecule has 3 rings (SSSR count). The first kappa shape index (κ1) is 21.1. The third-order valence-corrected chi connectivity index (χ3v) is 4.79. The number of benzene rings is 2. The first-order valence-corrected chi connectivity index (χ1v) is 10.2. The molecule has 2 amide bonds. The normalized spacial score (nSPS) is 10.7. The van der Waals surface area contributed by atoms with Gasteiger partial charge in [-0.2, -0.15) is 5.10 Å². The summed E-state index contributed by atoms with van der Waals surface area (Å²) in [5, 5.41) is 15.0. The Labute approximate surface area is 178 Å². The van der Waals surface area contributed by atoms with Gasteiger partial charge >= 0.3 is 11.8 Å². The minimum atomic E-state index is -0.901. The van der Waals surface area contributed by atoms with Crippen LogP contribution in [-0.2, 0) is 9.59 Å². The van der Waals surface area contributed by atoms with Crippen LogP contribution in [0.3, 0.4) is 0 Å². The van der Waals surface area contributed by atoms with Crippen molar-refractivity contribution >= 4 is 34.5 Å². The van der Waals surface area contributed by atoms with Gasteiger partial charge in [0.25, 0.3) is 0 Å². The number of nitrogens with one attached hydrogen (secondary N) is 2. The number of amides is 2. The summed E-state index contributed by atoms with van der Waals surface area (Å²) >= 11 is 1.18. The van der Waals surface area contributed by atoms with Gasteiger partial charge in [-0.05, 0) is 36.2 Å². The van der Waals surface area contributed by atoms with Crippen LogP contribution in [0.25, 0.3) is 10.6 Å². The maximum Gasteiger partial charge on any atom is 0.329 e. The van der Waals surface area contributed by atoms with Gasteiger partial charge in [0.05, 0.1) is 12.8 Å². The highest BCUT2D eigenvalue weighted by Crippen LogP contribution is 2.25. The SMILES string of the molecule is CCCCOc1ccc(/C=N\NC(=O)C(=O)Nc2nnc(-c3ccccc3)s2)cc1. The maximum atomic E-state index is 12.0. The molecule has 1 heterocycles. The summed E-state index contributed by atoms with van der Waals surface area (Å²) in [6.07, 6.45) is 3.52. The summed E-state index contributed by atoms with van der Waals surface area (Å²) in [5.74, 6) is -0.999. The van der Waals surface area contributed by atoms with Crippen LogP contribution in [0.1, 0.15) is 25.3 Å². The Bertz CT molecular complexity index is 1000. The lowest BCUT2D eigenvalue weighted by atomic mass is 10.2. The van der Waals surface area contributed by atoms with Crippen LogP contribution in [0.15, 0.2) is 59.7 Å². The largest absolute Gasteiger partial charge is 0.494 e. The van der Waals surface area contributed by atoms with E-state index in [9.17, 15) is 9.59 Å². The Hall–Kier alpha value is -3.59. The number of carbonyl (C=O) groups excluding carboxylic acids is 2. The number of nitrogens with zero attached hydrogens (tertiary/aromatic N) is 3. The Morgan fingerprint density at radius 2 is 1.83 bits per heavy atom. The number of anilines is 1. The molecule has 0 aliphatic heterocycles. The molecule has 0 fully saturated rings. The van der Waals surface area contributed by atoms with Gasteiger partial charge < -0.3 is 4.74 Å². The molecular formula is C21H21N5O3S. The zero-order chi connectivity index (χ0) is 21.2. The standard InChI is InChI=1S/C21H21N5O3S/c1-2-3-13-29-17-11-9-15(10-12-17)14-22-24-19(28)18(27)23-21-26-25-20(30-21)16-7-5-4-6-8-16/h4-12,14H,2-3,13H2,1H3,(H,24,28)(H,23,26,27)/b22-14-. The molecule has 0 unspecified atom stereocenters. The van der Waals surface area contributed by atoms with Crippen molar-refractivity contribution in [3.8, 4) is 16.3 Å². The molecule has 2 aromatic carbocycles. The van der Waals surface area contributed by atoms with Crippen LogP contribution in [0, 0.1) is 0 Å². The number of unbranched alkanes of at least 4 members (excludes halogenated alkanes) is 1. The third-order valence-electron chi connectivity index (χ3n) is 3.90. The molecule has 2 N–H and O–H groups in total. The zero-order valence-electron chi connectivity index (χ0n) is 16.4. The van der Waals surface area contributed by atoms with Gasteiger partial charge in [0.15, 0.2) is 0 Å². The highest BCUT2D eigenvalue weighted by Gasteiger charge is 2.16. The highest BCUT2D eigenvalue weighted by molar-refractivity contribution is 7.18.